The van der Waals surface area contributed by atoms with E-state index in [-0.39, 0.29) is 16.8 Å². The number of piperidine rings is 1. The SMILES string of the molecule is Cc1ccc(S(=O)(=O)N2CCC(C)CC2)cc1C(=O)NC(C)CCc1ccccc1. The second kappa shape index (κ2) is 9.75. The van der Waals surface area contributed by atoms with E-state index in [4.69, 9.17) is 0 Å². The van der Waals surface area contributed by atoms with Gasteiger partial charge in [-0.25, -0.2) is 8.42 Å². The zero-order valence-electron chi connectivity index (χ0n) is 18.1. The predicted molar refractivity (Wildman–Crippen MR) is 120 cm³/mol. The Balaban J connectivity index is 1.68. The van der Waals surface area contributed by atoms with Crippen LogP contribution in [0.25, 0.3) is 0 Å². The lowest BCUT2D eigenvalue weighted by Gasteiger charge is -2.29. The molecule has 1 atom stereocenters. The number of sulfonamides is 1. The van der Waals surface area contributed by atoms with E-state index >= 15 is 0 Å². The van der Waals surface area contributed by atoms with E-state index in [0.29, 0.717) is 24.6 Å². The number of nitrogens with one attached hydrogen (secondary N) is 1. The molecule has 1 heterocycles. The Kier molecular flexibility index (Phi) is 7.32. The topological polar surface area (TPSA) is 66.5 Å². The minimum Gasteiger partial charge on any atom is -0.350 e. The van der Waals surface area contributed by atoms with Crippen molar-refractivity contribution in [3.8, 4) is 0 Å². The fourth-order valence-corrected chi connectivity index (χ4v) is 5.28. The van der Waals surface area contributed by atoms with Gasteiger partial charge in [-0.1, -0.05) is 43.3 Å². The van der Waals surface area contributed by atoms with E-state index in [1.807, 2.05) is 32.0 Å². The van der Waals surface area contributed by atoms with E-state index in [1.54, 1.807) is 16.4 Å². The van der Waals surface area contributed by atoms with E-state index in [1.165, 1.54) is 11.6 Å². The molecule has 6 heteroatoms. The highest BCUT2D eigenvalue weighted by Gasteiger charge is 2.29. The number of nitrogens with zero attached hydrogens (tertiary/aromatic N) is 1. The molecule has 2 aromatic rings. The van der Waals surface area contributed by atoms with Crippen molar-refractivity contribution in [2.24, 2.45) is 5.92 Å². The van der Waals surface area contributed by atoms with Gasteiger partial charge < -0.3 is 5.32 Å². The van der Waals surface area contributed by atoms with Gasteiger partial charge in [0, 0.05) is 24.7 Å². The van der Waals surface area contributed by atoms with E-state index in [2.05, 4.69) is 24.4 Å². The number of rotatable bonds is 7. The number of amides is 1. The van der Waals surface area contributed by atoms with Crippen LogP contribution in [0.3, 0.4) is 0 Å². The molecule has 162 valence electrons. The van der Waals surface area contributed by atoms with Crippen molar-refractivity contribution in [1.29, 1.82) is 0 Å². The van der Waals surface area contributed by atoms with Gasteiger partial charge in [-0.2, -0.15) is 4.31 Å². The summed E-state index contributed by atoms with van der Waals surface area (Å²) in [7, 11) is -3.58. The van der Waals surface area contributed by atoms with Crippen LogP contribution >= 0.6 is 0 Å². The smallest absolute Gasteiger partial charge is 0.251 e. The fourth-order valence-electron chi connectivity index (χ4n) is 3.78. The number of hydrogen-bond acceptors (Lipinski definition) is 3. The third-order valence-electron chi connectivity index (χ3n) is 5.92. The van der Waals surface area contributed by atoms with Crippen molar-refractivity contribution in [2.45, 2.75) is 57.4 Å². The zero-order chi connectivity index (χ0) is 21.7. The highest BCUT2D eigenvalue weighted by Crippen LogP contribution is 2.25. The number of hydrogen-bond donors (Lipinski definition) is 1. The van der Waals surface area contributed by atoms with Gasteiger partial charge in [-0.3, -0.25) is 4.79 Å². The summed E-state index contributed by atoms with van der Waals surface area (Å²) in [6.07, 6.45) is 3.44. The van der Waals surface area contributed by atoms with Crippen molar-refractivity contribution in [1.82, 2.24) is 9.62 Å². The maximum absolute atomic E-state index is 13.1. The third kappa shape index (κ3) is 5.49. The van der Waals surface area contributed by atoms with Crippen molar-refractivity contribution in [3.05, 3.63) is 65.2 Å². The number of aryl methyl sites for hydroxylation is 2. The molecule has 0 radical (unpaired) electrons. The summed E-state index contributed by atoms with van der Waals surface area (Å²) in [6, 6.07) is 15.0. The van der Waals surface area contributed by atoms with Crippen LogP contribution in [0.15, 0.2) is 53.4 Å². The predicted octanol–water partition coefficient (Wildman–Crippen LogP) is 4.17. The van der Waals surface area contributed by atoms with E-state index < -0.39 is 10.0 Å². The first-order valence-corrected chi connectivity index (χ1v) is 12.2. The summed E-state index contributed by atoms with van der Waals surface area (Å²) in [6.45, 7) is 7.04. The van der Waals surface area contributed by atoms with Crippen LogP contribution < -0.4 is 5.32 Å². The first-order chi connectivity index (χ1) is 14.3. The fraction of sp³-hybridized carbons (Fsp3) is 0.458. The lowest BCUT2D eigenvalue weighted by molar-refractivity contribution is 0.0937. The molecule has 0 spiro atoms. The van der Waals surface area contributed by atoms with Crippen molar-refractivity contribution >= 4 is 15.9 Å². The molecule has 1 unspecified atom stereocenters. The second-order valence-electron chi connectivity index (χ2n) is 8.46. The van der Waals surface area contributed by atoms with Crippen LogP contribution in [0.2, 0.25) is 0 Å². The Bertz CT molecular complexity index is 965. The molecule has 5 nitrogen and oxygen atoms in total. The largest absolute Gasteiger partial charge is 0.350 e. The monoisotopic (exact) mass is 428 g/mol. The number of carbonyl (C=O) groups is 1. The molecule has 1 amide bonds. The van der Waals surface area contributed by atoms with Crippen LogP contribution in [-0.2, 0) is 16.4 Å². The molecule has 1 N–H and O–H groups in total. The molecular weight excluding hydrogens is 396 g/mol. The van der Waals surface area contributed by atoms with E-state index in [0.717, 1.165) is 31.2 Å². The van der Waals surface area contributed by atoms with Gasteiger partial charge in [-0.05, 0) is 68.7 Å². The molecule has 3 rings (SSSR count). The summed E-state index contributed by atoms with van der Waals surface area (Å²) >= 11 is 0. The Morgan fingerprint density at radius 3 is 2.47 bits per heavy atom. The average molecular weight is 429 g/mol. The lowest BCUT2D eigenvalue weighted by atomic mass is 10.0. The summed E-state index contributed by atoms with van der Waals surface area (Å²) in [5.74, 6) is 0.325. The van der Waals surface area contributed by atoms with E-state index in [9.17, 15) is 13.2 Å². The first-order valence-electron chi connectivity index (χ1n) is 10.7. The van der Waals surface area contributed by atoms with Gasteiger partial charge in [0.05, 0.1) is 4.90 Å². The van der Waals surface area contributed by atoms with Crippen molar-refractivity contribution in [3.63, 3.8) is 0 Å². The number of benzene rings is 2. The van der Waals surface area contributed by atoms with Gasteiger partial charge in [0.2, 0.25) is 10.0 Å². The standard InChI is InChI=1S/C24H32N2O3S/c1-18-13-15-26(16-14-18)30(28,29)22-12-9-19(2)23(17-22)24(27)25-20(3)10-11-21-7-5-4-6-8-21/h4-9,12,17-18,20H,10-11,13-16H2,1-3H3,(H,25,27). The van der Waals surface area contributed by atoms with Crippen LogP contribution in [0.1, 0.15) is 54.6 Å². The zero-order valence-corrected chi connectivity index (χ0v) is 18.9. The van der Waals surface area contributed by atoms with Gasteiger partial charge in [0.15, 0.2) is 0 Å². The molecule has 0 aliphatic carbocycles. The minimum atomic E-state index is -3.58. The van der Waals surface area contributed by atoms with Gasteiger partial charge in [0.25, 0.3) is 5.91 Å². The minimum absolute atomic E-state index is 0.0130. The lowest BCUT2D eigenvalue weighted by Crippen LogP contribution is -2.38. The Morgan fingerprint density at radius 1 is 1.13 bits per heavy atom. The molecule has 1 saturated heterocycles. The van der Waals surface area contributed by atoms with Gasteiger partial charge in [-0.15, -0.1) is 0 Å². The van der Waals surface area contributed by atoms with Crippen molar-refractivity contribution in [2.75, 3.05) is 13.1 Å². The summed E-state index contributed by atoms with van der Waals surface area (Å²) in [5.41, 5.74) is 2.43. The highest BCUT2D eigenvalue weighted by atomic mass is 32.2. The Hall–Kier alpha value is -2.18. The van der Waals surface area contributed by atoms with Gasteiger partial charge in [0.1, 0.15) is 0 Å². The maximum atomic E-state index is 13.1. The molecule has 1 aliphatic heterocycles. The van der Waals surface area contributed by atoms with Crippen LogP contribution in [-0.4, -0.2) is 37.8 Å². The first kappa shape index (κ1) is 22.5. The Labute approximate surface area is 180 Å². The quantitative estimate of drug-likeness (QED) is 0.720. The molecule has 0 bridgehead atoms. The average Bonchev–Trinajstić information content (AvgIpc) is 2.73. The van der Waals surface area contributed by atoms with Crippen LogP contribution in [0, 0.1) is 12.8 Å². The van der Waals surface area contributed by atoms with Gasteiger partial charge >= 0.3 is 0 Å². The number of carbonyl (C=O) groups excluding carboxylic acids is 1. The second-order valence-corrected chi connectivity index (χ2v) is 10.4. The molecule has 0 aromatic heterocycles. The normalized spacial score (nSPS) is 16.9. The maximum Gasteiger partial charge on any atom is 0.251 e. The molecular formula is C24H32N2O3S. The Morgan fingerprint density at radius 2 is 1.80 bits per heavy atom. The summed E-state index contributed by atoms with van der Waals surface area (Å²) in [5, 5.41) is 3.02. The molecule has 0 saturated carbocycles. The summed E-state index contributed by atoms with van der Waals surface area (Å²) in [4.78, 5) is 13.1. The molecule has 2 aromatic carbocycles. The molecule has 1 aliphatic rings. The van der Waals surface area contributed by atoms with Crippen LogP contribution in [0.4, 0.5) is 0 Å². The third-order valence-corrected chi connectivity index (χ3v) is 7.82. The van der Waals surface area contributed by atoms with Crippen molar-refractivity contribution < 1.29 is 13.2 Å². The highest BCUT2D eigenvalue weighted by molar-refractivity contribution is 7.89. The summed E-state index contributed by atoms with van der Waals surface area (Å²) < 4.78 is 27.7. The molecule has 30 heavy (non-hydrogen) atoms. The molecule has 1 fully saturated rings. The van der Waals surface area contributed by atoms with Crippen LogP contribution in [0.5, 0.6) is 0 Å².